The first-order valence-electron chi connectivity index (χ1n) is 6.77. The molecule has 0 fully saturated rings. The molecule has 0 bridgehead atoms. The molecule has 0 saturated carbocycles. The minimum atomic E-state index is -4.40. The molecule has 0 aliphatic rings. The highest BCUT2D eigenvalue weighted by atomic mass is 19.4. The zero-order valence-electron chi connectivity index (χ0n) is 12.1. The third-order valence-electron chi connectivity index (χ3n) is 2.76. The summed E-state index contributed by atoms with van der Waals surface area (Å²) in [5.41, 5.74) is -0.416. The molecule has 0 radical (unpaired) electrons. The standard InChI is InChI=1S/C15H19F3O3/c1-3-20-14(21-4-2)10-13(19)9-11-6-5-7-12(8-11)15(16,17)18/h5-8,14H,3-4,9-10H2,1-2H3. The van der Waals surface area contributed by atoms with Crippen molar-refractivity contribution in [2.75, 3.05) is 13.2 Å². The predicted octanol–water partition coefficient (Wildman–Crippen LogP) is 3.61. The molecular formula is C15H19F3O3. The summed E-state index contributed by atoms with van der Waals surface area (Å²) in [7, 11) is 0. The summed E-state index contributed by atoms with van der Waals surface area (Å²) in [4.78, 5) is 11.9. The van der Waals surface area contributed by atoms with E-state index in [2.05, 4.69) is 0 Å². The van der Waals surface area contributed by atoms with Gasteiger partial charge < -0.3 is 9.47 Å². The van der Waals surface area contributed by atoms with Crippen LogP contribution in [0.2, 0.25) is 0 Å². The highest BCUT2D eigenvalue weighted by Crippen LogP contribution is 2.29. The molecule has 0 heterocycles. The van der Waals surface area contributed by atoms with Gasteiger partial charge in [-0.1, -0.05) is 18.2 Å². The minimum absolute atomic E-state index is 0.0257. The number of carbonyl (C=O) groups is 1. The van der Waals surface area contributed by atoms with E-state index in [-0.39, 0.29) is 18.6 Å². The van der Waals surface area contributed by atoms with Crippen molar-refractivity contribution in [3.05, 3.63) is 35.4 Å². The van der Waals surface area contributed by atoms with Crippen molar-refractivity contribution in [3.63, 3.8) is 0 Å². The Hall–Kier alpha value is -1.40. The lowest BCUT2D eigenvalue weighted by atomic mass is 10.0. The average molecular weight is 304 g/mol. The summed E-state index contributed by atoms with van der Waals surface area (Å²) in [6, 6.07) is 4.78. The molecule has 3 nitrogen and oxygen atoms in total. The van der Waals surface area contributed by atoms with Crippen LogP contribution in [0.1, 0.15) is 31.4 Å². The topological polar surface area (TPSA) is 35.5 Å². The van der Waals surface area contributed by atoms with Gasteiger partial charge in [0.25, 0.3) is 0 Å². The fourth-order valence-corrected chi connectivity index (χ4v) is 1.88. The van der Waals surface area contributed by atoms with Gasteiger partial charge in [-0.25, -0.2) is 0 Å². The molecule has 0 saturated heterocycles. The number of ether oxygens (including phenoxy) is 2. The number of hydrogen-bond donors (Lipinski definition) is 0. The number of ketones is 1. The molecule has 118 valence electrons. The first-order valence-corrected chi connectivity index (χ1v) is 6.77. The fourth-order valence-electron chi connectivity index (χ4n) is 1.88. The number of Topliss-reactive ketones (excluding diaryl/α,β-unsaturated/α-hetero) is 1. The van der Waals surface area contributed by atoms with E-state index in [1.165, 1.54) is 12.1 Å². The SMILES string of the molecule is CCOC(CC(=O)Cc1cccc(C(F)(F)F)c1)OCC. The molecule has 1 aromatic rings. The summed E-state index contributed by atoms with van der Waals surface area (Å²) in [5, 5.41) is 0. The Morgan fingerprint density at radius 2 is 1.81 bits per heavy atom. The van der Waals surface area contributed by atoms with Crippen molar-refractivity contribution >= 4 is 5.78 Å². The number of hydrogen-bond acceptors (Lipinski definition) is 3. The Morgan fingerprint density at radius 3 is 2.33 bits per heavy atom. The lowest BCUT2D eigenvalue weighted by Gasteiger charge is -2.16. The Bertz CT molecular complexity index is 452. The van der Waals surface area contributed by atoms with Gasteiger partial charge in [0.15, 0.2) is 6.29 Å². The van der Waals surface area contributed by atoms with Crippen LogP contribution in [0.4, 0.5) is 13.2 Å². The van der Waals surface area contributed by atoms with Crippen molar-refractivity contribution in [2.45, 2.75) is 39.2 Å². The smallest absolute Gasteiger partial charge is 0.352 e. The van der Waals surface area contributed by atoms with E-state index in [9.17, 15) is 18.0 Å². The zero-order valence-corrected chi connectivity index (χ0v) is 12.1. The van der Waals surface area contributed by atoms with Crippen LogP contribution >= 0.6 is 0 Å². The lowest BCUT2D eigenvalue weighted by molar-refractivity contribution is -0.151. The summed E-state index contributed by atoms with van der Waals surface area (Å²) in [6.07, 6.45) is -5.09. The van der Waals surface area contributed by atoms with Crippen molar-refractivity contribution in [3.8, 4) is 0 Å². The number of halogens is 3. The molecular weight excluding hydrogens is 285 g/mol. The summed E-state index contributed by atoms with van der Waals surface area (Å²) < 4.78 is 48.3. The predicted molar refractivity (Wildman–Crippen MR) is 71.8 cm³/mol. The van der Waals surface area contributed by atoms with Gasteiger partial charge in [0.1, 0.15) is 5.78 Å². The van der Waals surface area contributed by atoms with Crippen LogP contribution in [-0.4, -0.2) is 25.3 Å². The molecule has 0 spiro atoms. The molecule has 1 rings (SSSR count). The monoisotopic (exact) mass is 304 g/mol. The van der Waals surface area contributed by atoms with Gasteiger partial charge >= 0.3 is 6.18 Å². The van der Waals surface area contributed by atoms with Crippen molar-refractivity contribution in [2.24, 2.45) is 0 Å². The van der Waals surface area contributed by atoms with Crippen molar-refractivity contribution < 1.29 is 27.4 Å². The molecule has 0 aliphatic heterocycles. The normalized spacial score (nSPS) is 11.9. The second-order valence-corrected chi connectivity index (χ2v) is 4.46. The third kappa shape index (κ3) is 6.27. The van der Waals surface area contributed by atoms with Crippen LogP contribution in [0.5, 0.6) is 0 Å². The van der Waals surface area contributed by atoms with Crippen molar-refractivity contribution in [1.82, 2.24) is 0 Å². The molecule has 21 heavy (non-hydrogen) atoms. The Kier molecular flexibility index (Phi) is 6.84. The quantitative estimate of drug-likeness (QED) is 0.688. The van der Waals surface area contributed by atoms with Crippen LogP contribution in [0.25, 0.3) is 0 Å². The number of rotatable bonds is 8. The van der Waals surface area contributed by atoms with Gasteiger partial charge in [-0.2, -0.15) is 13.2 Å². The molecule has 0 amide bonds. The van der Waals surface area contributed by atoms with Gasteiger partial charge in [0.05, 0.1) is 12.0 Å². The van der Waals surface area contributed by atoms with Crippen LogP contribution in [0, 0.1) is 0 Å². The summed E-state index contributed by atoms with van der Waals surface area (Å²) in [5.74, 6) is -0.221. The van der Waals surface area contributed by atoms with E-state index < -0.39 is 18.0 Å². The summed E-state index contributed by atoms with van der Waals surface area (Å²) >= 11 is 0. The molecule has 0 atom stereocenters. The third-order valence-corrected chi connectivity index (χ3v) is 2.76. The highest BCUT2D eigenvalue weighted by molar-refractivity contribution is 5.81. The maximum Gasteiger partial charge on any atom is 0.416 e. The minimum Gasteiger partial charge on any atom is -0.352 e. The molecule has 0 N–H and O–H groups in total. The van der Waals surface area contributed by atoms with Crippen molar-refractivity contribution in [1.29, 1.82) is 0 Å². The zero-order chi connectivity index (χ0) is 15.9. The molecule has 1 aromatic carbocycles. The van der Waals surface area contributed by atoms with Crippen LogP contribution in [0.15, 0.2) is 24.3 Å². The Labute approximate surface area is 122 Å². The van der Waals surface area contributed by atoms with Crippen LogP contribution < -0.4 is 0 Å². The van der Waals surface area contributed by atoms with Gasteiger partial charge in [-0.3, -0.25) is 4.79 Å². The second-order valence-electron chi connectivity index (χ2n) is 4.46. The number of benzene rings is 1. The van der Waals surface area contributed by atoms with Gasteiger partial charge in [-0.05, 0) is 25.5 Å². The molecule has 0 unspecified atom stereocenters. The molecule has 0 aromatic heterocycles. The van der Waals surface area contributed by atoms with E-state index in [0.717, 1.165) is 12.1 Å². The van der Waals surface area contributed by atoms with E-state index >= 15 is 0 Å². The van der Waals surface area contributed by atoms with E-state index in [1.807, 2.05) is 0 Å². The molecule has 6 heteroatoms. The fraction of sp³-hybridized carbons (Fsp3) is 0.533. The second kappa shape index (κ2) is 8.14. The largest absolute Gasteiger partial charge is 0.416 e. The highest BCUT2D eigenvalue weighted by Gasteiger charge is 2.30. The van der Waals surface area contributed by atoms with Crippen LogP contribution in [-0.2, 0) is 26.9 Å². The number of carbonyl (C=O) groups excluding carboxylic acids is 1. The first-order chi connectivity index (χ1) is 9.86. The maximum atomic E-state index is 12.6. The van der Waals surface area contributed by atoms with Gasteiger partial charge in [-0.15, -0.1) is 0 Å². The first kappa shape index (κ1) is 17.7. The van der Waals surface area contributed by atoms with Gasteiger partial charge in [0.2, 0.25) is 0 Å². The summed E-state index contributed by atoms with van der Waals surface area (Å²) in [6.45, 7) is 4.37. The van der Waals surface area contributed by atoms with Crippen LogP contribution in [0.3, 0.4) is 0 Å². The van der Waals surface area contributed by atoms with E-state index in [0.29, 0.717) is 18.8 Å². The number of alkyl halides is 3. The average Bonchev–Trinajstić information content (AvgIpc) is 2.38. The van der Waals surface area contributed by atoms with E-state index in [1.54, 1.807) is 13.8 Å². The Morgan fingerprint density at radius 1 is 1.19 bits per heavy atom. The maximum absolute atomic E-state index is 12.6. The Balaban J connectivity index is 2.66. The van der Waals surface area contributed by atoms with E-state index in [4.69, 9.17) is 9.47 Å². The molecule has 0 aliphatic carbocycles. The lowest BCUT2D eigenvalue weighted by Crippen LogP contribution is -2.22. The van der Waals surface area contributed by atoms with Gasteiger partial charge in [0, 0.05) is 19.6 Å².